The van der Waals surface area contributed by atoms with E-state index in [2.05, 4.69) is 45.2 Å². The van der Waals surface area contributed by atoms with E-state index in [1.54, 1.807) is 24.0 Å². The van der Waals surface area contributed by atoms with Crippen LogP contribution in [-0.2, 0) is 0 Å². The highest BCUT2D eigenvalue weighted by Crippen LogP contribution is 2.32. The second-order valence-electron chi connectivity index (χ2n) is 7.30. The molecule has 2 aromatic heterocycles. The third kappa shape index (κ3) is 3.30. The quantitative estimate of drug-likeness (QED) is 0.543. The SMILES string of the molecule is CC1=NC(C(C)c2cccc(-n3cnnc3)c2)=CC(N)N1c1ccc2ncsc2c1. The van der Waals surface area contributed by atoms with Gasteiger partial charge in [-0.25, -0.2) is 9.98 Å². The summed E-state index contributed by atoms with van der Waals surface area (Å²) in [7, 11) is 0. The topological polar surface area (TPSA) is 85.2 Å². The van der Waals surface area contributed by atoms with Gasteiger partial charge in [-0.3, -0.25) is 4.57 Å². The van der Waals surface area contributed by atoms with Crippen LogP contribution in [0.15, 0.2) is 77.4 Å². The van der Waals surface area contributed by atoms with Crippen molar-refractivity contribution in [3.8, 4) is 5.69 Å². The van der Waals surface area contributed by atoms with Gasteiger partial charge in [-0.05, 0) is 48.9 Å². The van der Waals surface area contributed by atoms with Crippen LogP contribution in [0.4, 0.5) is 5.69 Å². The molecule has 5 rings (SSSR count). The number of aromatic nitrogens is 4. The number of aliphatic imine (C=N–C) groups is 1. The standard InChI is InChI=1S/C22H21N7S/c1-14(16-4-3-5-17(8-16)28-11-25-26-12-28)20-10-22(23)29(15(2)27-20)18-6-7-19-21(9-18)30-13-24-19/h3-14,22H,23H2,1-2H3. The van der Waals surface area contributed by atoms with Crippen molar-refractivity contribution in [3.05, 3.63) is 78.0 Å². The second kappa shape index (κ2) is 7.47. The third-order valence-corrected chi connectivity index (χ3v) is 6.19. The number of hydrogen-bond donors (Lipinski definition) is 1. The molecule has 0 fully saturated rings. The molecule has 1 aliphatic heterocycles. The molecule has 0 amide bonds. The third-order valence-electron chi connectivity index (χ3n) is 5.40. The lowest BCUT2D eigenvalue weighted by atomic mass is 9.95. The molecule has 0 saturated carbocycles. The summed E-state index contributed by atoms with van der Waals surface area (Å²) < 4.78 is 3.03. The summed E-state index contributed by atoms with van der Waals surface area (Å²) in [6.45, 7) is 4.16. The van der Waals surface area contributed by atoms with E-state index in [0.717, 1.165) is 38.7 Å². The first kappa shape index (κ1) is 18.7. The zero-order valence-electron chi connectivity index (χ0n) is 16.7. The zero-order valence-corrected chi connectivity index (χ0v) is 17.5. The number of thiazole rings is 1. The van der Waals surface area contributed by atoms with Gasteiger partial charge in [0, 0.05) is 23.0 Å². The molecule has 1 aliphatic rings. The predicted molar refractivity (Wildman–Crippen MR) is 121 cm³/mol. The van der Waals surface area contributed by atoms with Crippen LogP contribution in [0.3, 0.4) is 0 Å². The van der Waals surface area contributed by atoms with Gasteiger partial charge in [0.05, 0.1) is 15.7 Å². The monoisotopic (exact) mass is 415 g/mol. The van der Waals surface area contributed by atoms with Gasteiger partial charge in [0.25, 0.3) is 0 Å². The minimum Gasteiger partial charge on any atom is -0.310 e. The Labute approximate surface area is 178 Å². The molecule has 0 bridgehead atoms. The van der Waals surface area contributed by atoms with Crippen molar-refractivity contribution in [2.45, 2.75) is 25.9 Å². The van der Waals surface area contributed by atoms with E-state index in [1.165, 1.54) is 0 Å². The highest BCUT2D eigenvalue weighted by Gasteiger charge is 2.24. The Bertz CT molecular complexity index is 1260. The van der Waals surface area contributed by atoms with E-state index in [9.17, 15) is 0 Å². The Hall–Kier alpha value is -3.36. The summed E-state index contributed by atoms with van der Waals surface area (Å²) in [6, 6.07) is 14.5. The molecule has 4 aromatic rings. The lowest BCUT2D eigenvalue weighted by molar-refractivity contribution is 0.770. The summed E-state index contributed by atoms with van der Waals surface area (Å²) >= 11 is 1.63. The Morgan fingerprint density at radius 1 is 1.07 bits per heavy atom. The molecule has 2 N–H and O–H groups in total. The van der Waals surface area contributed by atoms with Crippen molar-refractivity contribution in [3.63, 3.8) is 0 Å². The smallest absolute Gasteiger partial charge is 0.123 e. The number of nitrogens with zero attached hydrogens (tertiary/aromatic N) is 6. The van der Waals surface area contributed by atoms with E-state index >= 15 is 0 Å². The van der Waals surface area contributed by atoms with Gasteiger partial charge in [0.2, 0.25) is 0 Å². The fraction of sp³-hybridized carbons (Fsp3) is 0.182. The maximum absolute atomic E-state index is 6.57. The summed E-state index contributed by atoms with van der Waals surface area (Å²) in [6.07, 6.45) is 5.14. The van der Waals surface area contributed by atoms with Gasteiger partial charge in [-0.15, -0.1) is 21.5 Å². The second-order valence-corrected chi connectivity index (χ2v) is 8.19. The minimum absolute atomic E-state index is 0.105. The first-order valence-corrected chi connectivity index (χ1v) is 10.6. The Morgan fingerprint density at radius 3 is 2.70 bits per heavy atom. The first-order chi connectivity index (χ1) is 14.6. The van der Waals surface area contributed by atoms with E-state index < -0.39 is 0 Å². The van der Waals surface area contributed by atoms with E-state index in [0.29, 0.717) is 0 Å². The molecular formula is C22H21N7S. The van der Waals surface area contributed by atoms with Crippen molar-refractivity contribution in [1.29, 1.82) is 0 Å². The van der Waals surface area contributed by atoms with Crippen LogP contribution < -0.4 is 10.6 Å². The largest absolute Gasteiger partial charge is 0.310 e. The predicted octanol–water partition coefficient (Wildman–Crippen LogP) is 4.09. The molecule has 150 valence electrons. The van der Waals surface area contributed by atoms with Crippen LogP contribution in [-0.4, -0.2) is 31.7 Å². The fourth-order valence-electron chi connectivity index (χ4n) is 3.80. The van der Waals surface area contributed by atoms with Gasteiger partial charge in [0.15, 0.2) is 0 Å². The minimum atomic E-state index is -0.286. The van der Waals surface area contributed by atoms with Crippen LogP contribution in [0, 0.1) is 0 Å². The average Bonchev–Trinajstić information content (AvgIpc) is 3.44. The summed E-state index contributed by atoms with van der Waals surface area (Å²) in [5, 5.41) is 7.78. The molecule has 2 atom stereocenters. The van der Waals surface area contributed by atoms with Crippen molar-refractivity contribution in [2.24, 2.45) is 10.7 Å². The first-order valence-electron chi connectivity index (χ1n) is 9.70. The number of amidine groups is 1. The van der Waals surface area contributed by atoms with Crippen LogP contribution in [0.25, 0.3) is 15.9 Å². The highest BCUT2D eigenvalue weighted by atomic mass is 32.1. The van der Waals surface area contributed by atoms with Gasteiger partial charge in [-0.1, -0.05) is 19.1 Å². The summed E-state index contributed by atoms with van der Waals surface area (Å²) in [5.41, 5.74) is 13.6. The van der Waals surface area contributed by atoms with Crippen molar-refractivity contribution in [2.75, 3.05) is 4.90 Å². The molecule has 30 heavy (non-hydrogen) atoms. The number of hydrogen-bond acceptors (Lipinski definition) is 7. The fourth-order valence-corrected chi connectivity index (χ4v) is 4.51. The van der Waals surface area contributed by atoms with E-state index in [-0.39, 0.29) is 12.1 Å². The molecule has 0 aliphatic carbocycles. The Morgan fingerprint density at radius 2 is 1.90 bits per heavy atom. The number of allylic oxidation sites excluding steroid dienone is 1. The summed E-state index contributed by atoms with van der Waals surface area (Å²) in [4.78, 5) is 11.3. The zero-order chi connectivity index (χ0) is 20.7. The Balaban J connectivity index is 1.44. The molecule has 2 aromatic carbocycles. The van der Waals surface area contributed by atoms with Gasteiger partial charge in [-0.2, -0.15) is 0 Å². The van der Waals surface area contributed by atoms with Crippen LogP contribution in [0.1, 0.15) is 25.3 Å². The molecule has 7 nitrogen and oxygen atoms in total. The number of anilines is 1. The van der Waals surface area contributed by atoms with E-state index in [4.69, 9.17) is 10.7 Å². The summed E-state index contributed by atoms with van der Waals surface area (Å²) in [5.74, 6) is 0.985. The number of benzene rings is 2. The lowest BCUT2D eigenvalue weighted by Crippen LogP contribution is -2.46. The van der Waals surface area contributed by atoms with Crippen molar-refractivity contribution < 1.29 is 0 Å². The molecule has 8 heteroatoms. The van der Waals surface area contributed by atoms with Gasteiger partial charge in [0.1, 0.15) is 24.7 Å². The molecule has 2 unspecified atom stereocenters. The number of nitrogens with two attached hydrogens (primary N) is 1. The van der Waals surface area contributed by atoms with Crippen LogP contribution >= 0.6 is 11.3 Å². The lowest BCUT2D eigenvalue weighted by Gasteiger charge is -2.33. The van der Waals surface area contributed by atoms with Crippen molar-refractivity contribution in [1.82, 2.24) is 19.7 Å². The molecule has 3 heterocycles. The number of fused-ring (bicyclic) bond motifs is 1. The normalized spacial score (nSPS) is 17.7. The van der Waals surface area contributed by atoms with Gasteiger partial charge < -0.3 is 10.6 Å². The molecular weight excluding hydrogens is 394 g/mol. The van der Waals surface area contributed by atoms with Gasteiger partial charge >= 0.3 is 0 Å². The molecule has 0 saturated heterocycles. The maximum atomic E-state index is 6.57. The average molecular weight is 416 g/mol. The highest BCUT2D eigenvalue weighted by molar-refractivity contribution is 7.16. The van der Waals surface area contributed by atoms with E-state index in [1.807, 2.05) is 47.3 Å². The molecule has 0 spiro atoms. The van der Waals surface area contributed by atoms with Crippen LogP contribution in [0.2, 0.25) is 0 Å². The Kier molecular flexibility index (Phi) is 4.65. The molecule has 0 radical (unpaired) electrons. The maximum Gasteiger partial charge on any atom is 0.123 e. The van der Waals surface area contributed by atoms with Crippen LogP contribution in [0.5, 0.6) is 0 Å². The number of rotatable bonds is 4. The van der Waals surface area contributed by atoms with Crippen molar-refractivity contribution >= 4 is 33.1 Å².